The van der Waals surface area contributed by atoms with E-state index in [0.717, 1.165) is 11.3 Å². The molecule has 0 aromatic heterocycles. The standard InChI is InChI=1S/C15H16N4O2/c1-18(2)13-9-7-12(8-10-13)11-16-17-14-5-3-4-6-15(14)19(20)21/h3-11,17H,1-2H3/b16-11+. The number of nitrogens with one attached hydrogen (secondary N) is 1. The van der Waals surface area contributed by atoms with Crippen molar-refractivity contribution >= 4 is 23.3 Å². The van der Waals surface area contributed by atoms with Crippen molar-refractivity contribution in [2.45, 2.75) is 0 Å². The minimum absolute atomic E-state index is 0.00222. The van der Waals surface area contributed by atoms with Crippen molar-refractivity contribution in [3.63, 3.8) is 0 Å². The first-order valence-electron chi connectivity index (χ1n) is 6.38. The third kappa shape index (κ3) is 3.79. The molecule has 1 N–H and O–H groups in total. The summed E-state index contributed by atoms with van der Waals surface area (Å²) in [6.45, 7) is 0. The van der Waals surface area contributed by atoms with Crippen molar-refractivity contribution in [2.24, 2.45) is 5.10 Å². The molecule has 108 valence electrons. The van der Waals surface area contributed by atoms with Crippen LogP contribution in [-0.4, -0.2) is 25.2 Å². The highest BCUT2D eigenvalue weighted by Gasteiger charge is 2.10. The first-order valence-corrected chi connectivity index (χ1v) is 6.38. The minimum Gasteiger partial charge on any atom is -0.378 e. The Kier molecular flexibility index (Phi) is 4.50. The molecule has 0 atom stereocenters. The van der Waals surface area contributed by atoms with Crippen LogP contribution in [0.15, 0.2) is 53.6 Å². The van der Waals surface area contributed by atoms with Crippen LogP contribution in [0.2, 0.25) is 0 Å². The van der Waals surface area contributed by atoms with Gasteiger partial charge in [-0.05, 0) is 23.8 Å². The topological polar surface area (TPSA) is 70.8 Å². The van der Waals surface area contributed by atoms with E-state index in [2.05, 4.69) is 10.5 Å². The van der Waals surface area contributed by atoms with E-state index in [4.69, 9.17) is 0 Å². The Morgan fingerprint density at radius 3 is 2.43 bits per heavy atom. The van der Waals surface area contributed by atoms with Crippen molar-refractivity contribution in [3.05, 3.63) is 64.2 Å². The van der Waals surface area contributed by atoms with Gasteiger partial charge < -0.3 is 4.90 Å². The second-order valence-electron chi connectivity index (χ2n) is 4.63. The number of nitro groups is 1. The Morgan fingerprint density at radius 1 is 1.14 bits per heavy atom. The summed E-state index contributed by atoms with van der Waals surface area (Å²) in [5.74, 6) is 0. The fourth-order valence-electron chi connectivity index (χ4n) is 1.76. The van der Waals surface area contributed by atoms with Gasteiger partial charge in [-0.25, -0.2) is 0 Å². The summed E-state index contributed by atoms with van der Waals surface area (Å²) in [7, 11) is 3.94. The normalized spacial score (nSPS) is 10.6. The SMILES string of the molecule is CN(C)c1ccc(/C=N/Nc2ccccc2[N+](=O)[O-])cc1. The number of hydrogen-bond acceptors (Lipinski definition) is 5. The molecular formula is C15H16N4O2. The van der Waals surface area contributed by atoms with Gasteiger partial charge in [-0.3, -0.25) is 15.5 Å². The first kappa shape index (κ1) is 14.5. The zero-order valence-corrected chi connectivity index (χ0v) is 11.9. The summed E-state index contributed by atoms with van der Waals surface area (Å²) in [5.41, 5.74) is 5.07. The van der Waals surface area contributed by atoms with Crippen molar-refractivity contribution < 1.29 is 4.92 Å². The van der Waals surface area contributed by atoms with Crippen LogP contribution in [0.1, 0.15) is 5.56 Å². The maximum absolute atomic E-state index is 10.9. The highest BCUT2D eigenvalue weighted by atomic mass is 16.6. The molecule has 2 aromatic carbocycles. The fourth-order valence-corrected chi connectivity index (χ4v) is 1.76. The second-order valence-corrected chi connectivity index (χ2v) is 4.63. The summed E-state index contributed by atoms with van der Waals surface area (Å²) in [6.07, 6.45) is 1.62. The van der Waals surface area contributed by atoms with Crippen LogP contribution in [0, 0.1) is 10.1 Å². The molecule has 2 aromatic rings. The first-order chi connectivity index (χ1) is 10.1. The molecule has 0 amide bonds. The molecule has 0 heterocycles. The molecule has 0 aliphatic carbocycles. The molecule has 0 aliphatic rings. The van der Waals surface area contributed by atoms with E-state index in [1.54, 1.807) is 24.4 Å². The van der Waals surface area contributed by atoms with E-state index in [1.807, 2.05) is 43.3 Å². The molecule has 6 heteroatoms. The largest absolute Gasteiger partial charge is 0.378 e. The Morgan fingerprint density at radius 2 is 1.81 bits per heavy atom. The molecule has 0 spiro atoms. The minimum atomic E-state index is -0.441. The molecule has 0 saturated heterocycles. The Balaban J connectivity index is 2.07. The van der Waals surface area contributed by atoms with Crippen LogP contribution in [0.25, 0.3) is 0 Å². The molecule has 0 aliphatic heterocycles. The van der Waals surface area contributed by atoms with Gasteiger partial charge in [0.25, 0.3) is 5.69 Å². The van der Waals surface area contributed by atoms with Gasteiger partial charge in [-0.2, -0.15) is 5.10 Å². The zero-order valence-electron chi connectivity index (χ0n) is 11.9. The molecule has 2 rings (SSSR count). The van der Waals surface area contributed by atoms with Crippen molar-refractivity contribution in [3.8, 4) is 0 Å². The van der Waals surface area contributed by atoms with Crippen molar-refractivity contribution in [1.29, 1.82) is 0 Å². The van der Waals surface area contributed by atoms with E-state index in [9.17, 15) is 10.1 Å². The van der Waals surface area contributed by atoms with Crippen LogP contribution in [0.5, 0.6) is 0 Å². The quantitative estimate of drug-likeness (QED) is 0.520. The Labute approximate surface area is 122 Å². The second kappa shape index (κ2) is 6.51. The van der Waals surface area contributed by atoms with E-state index in [0.29, 0.717) is 5.69 Å². The smallest absolute Gasteiger partial charge is 0.294 e. The maximum Gasteiger partial charge on any atom is 0.294 e. The highest BCUT2D eigenvalue weighted by Crippen LogP contribution is 2.22. The number of nitro benzene ring substituents is 1. The summed E-state index contributed by atoms with van der Waals surface area (Å²) in [5, 5.41) is 14.9. The summed E-state index contributed by atoms with van der Waals surface area (Å²) < 4.78 is 0. The molecule has 21 heavy (non-hydrogen) atoms. The third-order valence-corrected chi connectivity index (χ3v) is 2.91. The average molecular weight is 284 g/mol. The van der Waals surface area contributed by atoms with E-state index < -0.39 is 4.92 Å². The number of anilines is 2. The van der Waals surface area contributed by atoms with Crippen LogP contribution in [0.3, 0.4) is 0 Å². The van der Waals surface area contributed by atoms with E-state index >= 15 is 0 Å². The lowest BCUT2D eigenvalue weighted by Crippen LogP contribution is -2.08. The molecule has 0 saturated carbocycles. The lowest BCUT2D eigenvalue weighted by atomic mass is 10.2. The number of para-hydroxylation sites is 2. The van der Waals surface area contributed by atoms with Crippen molar-refractivity contribution in [2.75, 3.05) is 24.4 Å². The van der Waals surface area contributed by atoms with Gasteiger partial charge in [-0.15, -0.1) is 0 Å². The summed E-state index contributed by atoms with van der Waals surface area (Å²) in [6, 6.07) is 14.2. The van der Waals surface area contributed by atoms with Gasteiger partial charge >= 0.3 is 0 Å². The van der Waals surface area contributed by atoms with Gasteiger partial charge in [0.05, 0.1) is 11.1 Å². The maximum atomic E-state index is 10.9. The third-order valence-electron chi connectivity index (χ3n) is 2.91. The van der Waals surface area contributed by atoms with Gasteiger partial charge in [0.15, 0.2) is 0 Å². The van der Waals surface area contributed by atoms with Crippen molar-refractivity contribution in [1.82, 2.24) is 0 Å². The van der Waals surface area contributed by atoms with Crippen LogP contribution < -0.4 is 10.3 Å². The lowest BCUT2D eigenvalue weighted by molar-refractivity contribution is -0.384. The lowest BCUT2D eigenvalue weighted by Gasteiger charge is -2.11. The number of hydrogen-bond donors (Lipinski definition) is 1. The average Bonchev–Trinajstić information content (AvgIpc) is 2.48. The molecule has 6 nitrogen and oxygen atoms in total. The fraction of sp³-hybridized carbons (Fsp3) is 0.133. The number of hydrazone groups is 1. The molecule has 0 bridgehead atoms. The van der Waals surface area contributed by atoms with Gasteiger partial charge in [-0.1, -0.05) is 24.3 Å². The van der Waals surface area contributed by atoms with E-state index in [-0.39, 0.29) is 5.69 Å². The van der Waals surface area contributed by atoms with E-state index in [1.165, 1.54) is 6.07 Å². The number of benzene rings is 2. The van der Waals surface area contributed by atoms with Crippen LogP contribution in [-0.2, 0) is 0 Å². The molecular weight excluding hydrogens is 268 g/mol. The number of nitrogens with zero attached hydrogens (tertiary/aromatic N) is 3. The Bertz CT molecular complexity index is 651. The molecule has 0 unspecified atom stereocenters. The van der Waals surface area contributed by atoms with Gasteiger partial charge in [0.2, 0.25) is 0 Å². The Hall–Kier alpha value is -2.89. The van der Waals surface area contributed by atoms with Gasteiger partial charge in [0.1, 0.15) is 5.69 Å². The monoisotopic (exact) mass is 284 g/mol. The van der Waals surface area contributed by atoms with Crippen LogP contribution >= 0.6 is 0 Å². The molecule has 0 radical (unpaired) electrons. The summed E-state index contributed by atoms with van der Waals surface area (Å²) in [4.78, 5) is 12.4. The predicted octanol–water partition coefficient (Wildman–Crippen LogP) is 3.11. The van der Waals surface area contributed by atoms with Gasteiger partial charge in [0, 0.05) is 25.8 Å². The highest BCUT2D eigenvalue weighted by molar-refractivity contribution is 5.81. The summed E-state index contributed by atoms with van der Waals surface area (Å²) >= 11 is 0. The number of rotatable bonds is 5. The molecule has 0 fully saturated rings. The zero-order chi connectivity index (χ0) is 15.2. The predicted molar refractivity (Wildman–Crippen MR) is 85.1 cm³/mol. The van der Waals surface area contributed by atoms with Crippen LogP contribution in [0.4, 0.5) is 17.1 Å².